The minimum absolute atomic E-state index is 0.0510. The van der Waals surface area contributed by atoms with E-state index < -0.39 is 21.8 Å². The summed E-state index contributed by atoms with van der Waals surface area (Å²) in [5.74, 6) is -2.41. The van der Waals surface area contributed by atoms with Gasteiger partial charge in [0.2, 0.25) is 15.9 Å². The third kappa shape index (κ3) is 4.70. The molecule has 2 aliphatic heterocycles. The highest BCUT2D eigenvalue weighted by Gasteiger charge is 2.56. The minimum Gasteiger partial charge on any atom is -0.476 e. The molecule has 1 aromatic rings. The van der Waals surface area contributed by atoms with Gasteiger partial charge in [-0.15, -0.1) is 0 Å². The maximum Gasteiger partial charge on any atom is 0.368 e. The Morgan fingerprint density at radius 3 is 2.62 bits per heavy atom. The molecular formula is C26H36FN3O6S. The number of carbonyl (C=O) groups is 1. The molecule has 1 aromatic carbocycles. The summed E-state index contributed by atoms with van der Waals surface area (Å²) in [4.78, 5) is 15.5. The second-order valence-electron chi connectivity index (χ2n) is 10.7. The van der Waals surface area contributed by atoms with Crippen molar-refractivity contribution in [2.45, 2.75) is 68.3 Å². The zero-order valence-electron chi connectivity index (χ0n) is 21.5. The molecule has 3 saturated carbocycles. The number of benzene rings is 1. The highest BCUT2D eigenvalue weighted by Crippen LogP contribution is 2.58. The maximum atomic E-state index is 14.0. The molecule has 0 unspecified atom stereocenters. The first-order chi connectivity index (χ1) is 17.7. The van der Waals surface area contributed by atoms with Crippen molar-refractivity contribution < 1.29 is 32.2 Å². The zero-order valence-corrected chi connectivity index (χ0v) is 22.3. The van der Waals surface area contributed by atoms with Gasteiger partial charge in [0.15, 0.2) is 5.75 Å². The Bertz CT molecular complexity index is 1170. The number of hydrogen-bond donors (Lipinski definition) is 1. The van der Waals surface area contributed by atoms with E-state index in [1.165, 1.54) is 10.4 Å². The Labute approximate surface area is 217 Å². The van der Waals surface area contributed by atoms with Crippen LogP contribution in [0.3, 0.4) is 0 Å². The number of unbranched alkanes of at least 4 members (excludes halogenated alkanes) is 1. The summed E-state index contributed by atoms with van der Waals surface area (Å²) in [5, 5.41) is 8.95. The van der Waals surface area contributed by atoms with Gasteiger partial charge in [-0.05, 0) is 44.1 Å². The van der Waals surface area contributed by atoms with Crippen LogP contribution in [0.5, 0.6) is 5.75 Å². The Hall–Kier alpha value is -2.37. The number of nitrogens with zero attached hydrogens (tertiary/aromatic N) is 3. The van der Waals surface area contributed by atoms with Crippen LogP contribution in [0.15, 0.2) is 29.1 Å². The van der Waals surface area contributed by atoms with Gasteiger partial charge in [-0.1, -0.05) is 19.8 Å². The molecule has 204 valence electrons. The molecule has 4 fully saturated rings. The van der Waals surface area contributed by atoms with Crippen LogP contribution in [0.25, 0.3) is 0 Å². The van der Waals surface area contributed by atoms with Crippen molar-refractivity contribution in [2.24, 2.45) is 5.92 Å². The van der Waals surface area contributed by atoms with Crippen LogP contribution in [0, 0.1) is 5.92 Å². The third-order valence-electron chi connectivity index (χ3n) is 8.56. The van der Waals surface area contributed by atoms with E-state index in [0.29, 0.717) is 56.4 Å². The quantitative estimate of drug-likeness (QED) is 0.396. The molecule has 3 aliphatic carbocycles. The Kier molecular flexibility index (Phi) is 7.14. The first-order valence-corrected chi connectivity index (χ1v) is 14.6. The number of aliphatic carboxylic acids is 1. The molecule has 11 heteroatoms. The van der Waals surface area contributed by atoms with Crippen molar-refractivity contribution in [3.8, 4) is 5.75 Å². The van der Waals surface area contributed by atoms with Gasteiger partial charge >= 0.3 is 5.97 Å². The van der Waals surface area contributed by atoms with Gasteiger partial charge in [0.25, 0.3) is 0 Å². The molecule has 5 aliphatic rings. The highest BCUT2D eigenvalue weighted by molar-refractivity contribution is 7.89. The van der Waals surface area contributed by atoms with Gasteiger partial charge in [0, 0.05) is 44.3 Å². The first kappa shape index (κ1) is 26.2. The van der Waals surface area contributed by atoms with Crippen molar-refractivity contribution >= 4 is 27.4 Å². The van der Waals surface area contributed by atoms with Gasteiger partial charge in [-0.2, -0.15) is 8.70 Å². The summed E-state index contributed by atoms with van der Waals surface area (Å²) in [5.41, 5.74) is 1.21. The number of morpholine rings is 1. The fourth-order valence-corrected chi connectivity index (χ4v) is 8.02. The predicted octanol–water partition coefficient (Wildman–Crippen LogP) is 3.74. The van der Waals surface area contributed by atoms with Crippen LogP contribution in [-0.4, -0.2) is 75.3 Å². The van der Waals surface area contributed by atoms with E-state index in [-0.39, 0.29) is 22.2 Å². The van der Waals surface area contributed by atoms with Crippen LogP contribution in [0.2, 0.25) is 0 Å². The number of anilines is 2. The van der Waals surface area contributed by atoms with Gasteiger partial charge < -0.3 is 24.4 Å². The van der Waals surface area contributed by atoms with Gasteiger partial charge in [-0.3, -0.25) is 0 Å². The van der Waals surface area contributed by atoms with E-state index in [0.717, 1.165) is 44.9 Å². The number of likely N-dealkylation sites (N-methyl/N-ethyl adjacent to an activating group) is 1. The summed E-state index contributed by atoms with van der Waals surface area (Å²) in [7, 11) is -2.26. The average Bonchev–Trinajstić information content (AvgIpc) is 3.47. The summed E-state index contributed by atoms with van der Waals surface area (Å²) in [6.07, 6.45) is 7.52. The largest absolute Gasteiger partial charge is 0.476 e. The molecule has 1 atom stereocenters. The fraction of sp³-hybridized carbons (Fsp3) is 0.654. The van der Waals surface area contributed by atoms with E-state index in [9.17, 15) is 17.6 Å². The molecule has 0 amide bonds. The van der Waals surface area contributed by atoms with Gasteiger partial charge in [-0.25, -0.2) is 13.2 Å². The lowest BCUT2D eigenvalue weighted by molar-refractivity contribution is -0.134. The lowest BCUT2D eigenvalue weighted by Gasteiger charge is -2.50. The van der Waals surface area contributed by atoms with Crippen LogP contribution in [0.4, 0.5) is 15.8 Å². The summed E-state index contributed by atoms with van der Waals surface area (Å²) >= 11 is 0. The smallest absolute Gasteiger partial charge is 0.368 e. The van der Waals surface area contributed by atoms with Crippen LogP contribution in [0.1, 0.15) is 51.9 Å². The van der Waals surface area contributed by atoms with E-state index in [4.69, 9.17) is 14.6 Å². The Morgan fingerprint density at radius 1 is 1.27 bits per heavy atom. The second kappa shape index (κ2) is 10.1. The van der Waals surface area contributed by atoms with Crippen LogP contribution >= 0.6 is 0 Å². The van der Waals surface area contributed by atoms with Gasteiger partial charge in [0.05, 0.1) is 24.6 Å². The molecule has 2 heterocycles. The molecule has 0 radical (unpaired) electrons. The number of fused-ring (bicyclic) bond motifs is 2. The molecular weight excluding hydrogens is 501 g/mol. The number of carboxylic acids is 1. The third-order valence-corrected chi connectivity index (χ3v) is 10.5. The fourth-order valence-electron chi connectivity index (χ4n) is 6.46. The molecule has 9 nitrogen and oxygen atoms in total. The number of carboxylic acid groups (broad SMARTS) is 1. The number of halogens is 1. The average molecular weight is 538 g/mol. The summed E-state index contributed by atoms with van der Waals surface area (Å²) in [6, 6.07) is 3.14. The standard InChI is InChI=1S/C26H36FN3O6S/c1-3-4-5-19-16-30(26-7-6-18(14-26)15-26)22-12-21(29-8-10-35-11-9-29)23(36-17-20(27)25(31)32)13-24(22)37(33,34)28(19)2/h12-13,17-19H,3-11,14-16H2,1-2H3,(H,31,32)/b20-17-/t18?,19-,26?/m1/s1. The molecule has 0 aromatic heterocycles. The normalized spacial score (nSPS) is 29.4. The molecule has 6 rings (SSSR count). The Morgan fingerprint density at radius 2 is 2.00 bits per heavy atom. The molecule has 37 heavy (non-hydrogen) atoms. The number of ether oxygens (including phenoxy) is 2. The first-order valence-electron chi connectivity index (χ1n) is 13.2. The lowest BCUT2D eigenvalue weighted by Crippen LogP contribution is -2.55. The summed E-state index contributed by atoms with van der Waals surface area (Å²) in [6.45, 7) is 4.81. The van der Waals surface area contributed by atoms with Crippen molar-refractivity contribution in [2.75, 3.05) is 49.7 Å². The molecule has 1 N–H and O–H groups in total. The topological polar surface area (TPSA) is 99.6 Å². The lowest BCUT2D eigenvalue weighted by atomic mass is 9.75. The molecule has 2 bridgehead atoms. The van der Waals surface area contributed by atoms with Crippen molar-refractivity contribution in [1.29, 1.82) is 0 Å². The number of rotatable bonds is 8. The summed E-state index contributed by atoms with van der Waals surface area (Å²) < 4.78 is 54.4. The van der Waals surface area contributed by atoms with Crippen LogP contribution < -0.4 is 14.5 Å². The zero-order chi connectivity index (χ0) is 26.4. The van der Waals surface area contributed by atoms with Crippen molar-refractivity contribution in [3.63, 3.8) is 0 Å². The highest BCUT2D eigenvalue weighted by atomic mass is 32.2. The monoisotopic (exact) mass is 537 g/mol. The van der Waals surface area contributed by atoms with E-state index >= 15 is 0 Å². The number of hydrogen-bond acceptors (Lipinski definition) is 7. The van der Waals surface area contributed by atoms with Crippen molar-refractivity contribution in [3.05, 3.63) is 24.2 Å². The minimum atomic E-state index is -3.90. The number of sulfonamides is 1. The Balaban J connectivity index is 1.66. The van der Waals surface area contributed by atoms with Crippen LogP contribution in [-0.2, 0) is 19.6 Å². The molecule has 0 spiro atoms. The van der Waals surface area contributed by atoms with E-state index in [1.54, 1.807) is 7.05 Å². The van der Waals surface area contributed by atoms with E-state index in [1.807, 2.05) is 11.0 Å². The van der Waals surface area contributed by atoms with Crippen molar-refractivity contribution in [1.82, 2.24) is 4.31 Å². The molecule has 1 saturated heterocycles. The second-order valence-corrected chi connectivity index (χ2v) is 12.7. The SMILES string of the molecule is CCCC[C@@H]1CN(C23CCC(C2)C3)c2cc(N3CCOCC3)c(O/C=C(\F)C(=O)O)cc2S(=O)(=O)N1C. The van der Waals surface area contributed by atoms with Gasteiger partial charge in [0.1, 0.15) is 11.2 Å². The predicted molar refractivity (Wildman–Crippen MR) is 137 cm³/mol. The van der Waals surface area contributed by atoms with E-state index in [2.05, 4.69) is 11.8 Å². The maximum absolute atomic E-state index is 14.0.